The molecular weight excluding hydrogens is 460 g/mol. The molecule has 0 saturated heterocycles. The van der Waals surface area contributed by atoms with E-state index in [4.69, 9.17) is 5.26 Å². The number of carbonyl (C=O) groups is 2. The van der Waals surface area contributed by atoms with E-state index in [0.717, 1.165) is 0 Å². The highest BCUT2D eigenvalue weighted by Gasteiger charge is 2.16. The van der Waals surface area contributed by atoms with E-state index in [1.807, 2.05) is 13.8 Å². The first kappa shape index (κ1) is 23.9. The number of benzene rings is 3. The van der Waals surface area contributed by atoms with Crippen molar-refractivity contribution in [3.63, 3.8) is 0 Å². The lowest BCUT2D eigenvalue weighted by Crippen LogP contribution is -2.22. The molecule has 1 amide bonds. The van der Waals surface area contributed by atoms with E-state index in [-0.39, 0.29) is 28.9 Å². The predicted molar refractivity (Wildman–Crippen MR) is 137 cm³/mol. The molecule has 0 aliphatic carbocycles. The minimum atomic E-state index is -0.250. The van der Waals surface area contributed by atoms with Crippen LogP contribution in [0.2, 0.25) is 0 Å². The molecule has 0 fully saturated rings. The zero-order chi connectivity index (χ0) is 24.9. The first-order valence-corrected chi connectivity index (χ1v) is 11.9. The standard InChI is InChI=1S/C27H22N4O3S/c1-17(2)25(33)29-20-11-9-19(10-12-20)24(32)16-35-27-30-23-6-4-3-5-22(23)26(34)31(27)21-13-7-18(15-28)8-14-21/h3-14,17H,16H2,1-2H3,(H,29,33). The normalized spacial score (nSPS) is 10.8. The van der Waals surface area contributed by atoms with Gasteiger partial charge >= 0.3 is 0 Å². The van der Waals surface area contributed by atoms with Gasteiger partial charge in [-0.15, -0.1) is 0 Å². The van der Waals surface area contributed by atoms with Crippen molar-refractivity contribution in [2.75, 3.05) is 11.1 Å². The zero-order valence-electron chi connectivity index (χ0n) is 19.2. The predicted octanol–water partition coefficient (Wildman–Crippen LogP) is 4.83. The molecule has 0 spiro atoms. The lowest BCUT2D eigenvalue weighted by molar-refractivity contribution is -0.118. The Morgan fingerprint density at radius 2 is 1.71 bits per heavy atom. The molecule has 8 heteroatoms. The minimum absolute atomic E-state index is 0.0682. The number of hydrogen-bond donors (Lipinski definition) is 1. The molecule has 0 radical (unpaired) electrons. The van der Waals surface area contributed by atoms with Crippen molar-refractivity contribution in [3.05, 3.63) is 94.3 Å². The molecule has 4 rings (SSSR count). The highest BCUT2D eigenvalue weighted by atomic mass is 32.2. The number of Topliss-reactive ketones (excluding diaryl/α,β-unsaturated/α-hetero) is 1. The van der Waals surface area contributed by atoms with E-state index in [1.165, 1.54) is 16.3 Å². The van der Waals surface area contributed by atoms with Crippen LogP contribution in [0.4, 0.5) is 5.69 Å². The molecule has 0 aliphatic rings. The van der Waals surface area contributed by atoms with Crippen LogP contribution in [0.1, 0.15) is 29.8 Å². The van der Waals surface area contributed by atoms with Crippen LogP contribution in [-0.4, -0.2) is 27.0 Å². The number of nitriles is 1. The molecule has 7 nitrogen and oxygen atoms in total. The van der Waals surface area contributed by atoms with Crippen molar-refractivity contribution in [2.45, 2.75) is 19.0 Å². The van der Waals surface area contributed by atoms with Crippen LogP contribution in [0.5, 0.6) is 0 Å². The molecule has 0 unspecified atom stereocenters. The summed E-state index contributed by atoms with van der Waals surface area (Å²) in [7, 11) is 0. The Labute approximate surface area is 206 Å². The van der Waals surface area contributed by atoms with E-state index in [9.17, 15) is 14.4 Å². The molecule has 0 atom stereocenters. The van der Waals surface area contributed by atoms with Gasteiger partial charge in [-0.3, -0.25) is 19.0 Å². The molecule has 174 valence electrons. The number of rotatable bonds is 7. The van der Waals surface area contributed by atoms with Crippen LogP contribution in [0, 0.1) is 17.2 Å². The van der Waals surface area contributed by atoms with E-state index < -0.39 is 0 Å². The SMILES string of the molecule is CC(C)C(=O)Nc1ccc(C(=O)CSc2nc3ccccc3c(=O)n2-c2ccc(C#N)cc2)cc1. The van der Waals surface area contributed by atoms with Crippen molar-refractivity contribution in [1.29, 1.82) is 5.26 Å². The molecule has 0 saturated carbocycles. The van der Waals surface area contributed by atoms with Crippen LogP contribution in [0.15, 0.2) is 82.7 Å². The lowest BCUT2D eigenvalue weighted by atomic mass is 10.1. The monoisotopic (exact) mass is 482 g/mol. The molecule has 4 aromatic rings. The number of nitrogens with zero attached hydrogens (tertiary/aromatic N) is 3. The van der Waals surface area contributed by atoms with Crippen LogP contribution >= 0.6 is 11.8 Å². The quantitative estimate of drug-likeness (QED) is 0.230. The average Bonchev–Trinajstić information content (AvgIpc) is 2.88. The maximum atomic E-state index is 13.3. The first-order chi connectivity index (χ1) is 16.9. The van der Waals surface area contributed by atoms with Crippen molar-refractivity contribution in [2.24, 2.45) is 5.92 Å². The summed E-state index contributed by atoms with van der Waals surface area (Å²) in [4.78, 5) is 42.7. The van der Waals surface area contributed by atoms with E-state index in [2.05, 4.69) is 16.4 Å². The molecule has 1 aromatic heterocycles. The number of thioether (sulfide) groups is 1. The number of amides is 1. The van der Waals surface area contributed by atoms with Gasteiger partial charge in [-0.1, -0.05) is 37.7 Å². The van der Waals surface area contributed by atoms with Crippen LogP contribution in [0.25, 0.3) is 16.6 Å². The van der Waals surface area contributed by atoms with Crippen molar-refractivity contribution < 1.29 is 9.59 Å². The van der Waals surface area contributed by atoms with Crippen molar-refractivity contribution in [3.8, 4) is 11.8 Å². The highest BCUT2D eigenvalue weighted by molar-refractivity contribution is 7.99. The maximum absolute atomic E-state index is 13.3. The van der Waals surface area contributed by atoms with Crippen LogP contribution in [-0.2, 0) is 4.79 Å². The van der Waals surface area contributed by atoms with Gasteiger partial charge < -0.3 is 5.32 Å². The van der Waals surface area contributed by atoms with Gasteiger partial charge in [-0.25, -0.2) is 4.98 Å². The number of para-hydroxylation sites is 1. The Bertz CT molecular complexity index is 1500. The third-order valence-corrected chi connectivity index (χ3v) is 6.27. The number of aromatic nitrogens is 2. The fourth-order valence-electron chi connectivity index (χ4n) is 3.36. The number of anilines is 1. The molecule has 0 bridgehead atoms. The Kier molecular flexibility index (Phi) is 7.09. The summed E-state index contributed by atoms with van der Waals surface area (Å²) in [6.07, 6.45) is 0. The van der Waals surface area contributed by atoms with Gasteiger partial charge in [-0.2, -0.15) is 5.26 Å². The average molecular weight is 483 g/mol. The van der Waals surface area contributed by atoms with Crippen molar-refractivity contribution in [1.82, 2.24) is 9.55 Å². The zero-order valence-corrected chi connectivity index (χ0v) is 20.0. The number of nitrogens with one attached hydrogen (secondary N) is 1. The molecule has 1 heterocycles. The minimum Gasteiger partial charge on any atom is -0.326 e. The molecule has 1 N–H and O–H groups in total. The summed E-state index contributed by atoms with van der Waals surface area (Å²) in [5, 5.41) is 12.7. The number of carbonyl (C=O) groups excluding carboxylic acids is 2. The molecule has 0 aliphatic heterocycles. The largest absolute Gasteiger partial charge is 0.326 e. The van der Waals surface area contributed by atoms with E-state index in [1.54, 1.807) is 72.8 Å². The molecular formula is C27H22N4O3S. The number of hydrogen-bond acceptors (Lipinski definition) is 6. The van der Waals surface area contributed by atoms with E-state index in [0.29, 0.717) is 38.6 Å². The van der Waals surface area contributed by atoms with Gasteiger partial charge in [0, 0.05) is 17.2 Å². The van der Waals surface area contributed by atoms with Gasteiger partial charge in [0.2, 0.25) is 5.91 Å². The fraction of sp³-hybridized carbons (Fsp3) is 0.148. The van der Waals surface area contributed by atoms with Gasteiger partial charge in [0.15, 0.2) is 10.9 Å². The molecule has 3 aromatic carbocycles. The summed E-state index contributed by atoms with van der Waals surface area (Å²) < 4.78 is 1.46. The van der Waals surface area contributed by atoms with Gasteiger partial charge in [0.05, 0.1) is 34.0 Å². The van der Waals surface area contributed by atoms with Crippen molar-refractivity contribution >= 4 is 40.0 Å². The topological polar surface area (TPSA) is 105 Å². The maximum Gasteiger partial charge on any atom is 0.266 e. The summed E-state index contributed by atoms with van der Waals surface area (Å²) >= 11 is 1.17. The Balaban J connectivity index is 1.61. The number of ketones is 1. The Morgan fingerprint density at radius 3 is 2.37 bits per heavy atom. The Hall–Kier alpha value is -4.22. The summed E-state index contributed by atoms with van der Waals surface area (Å²) in [5.74, 6) is -0.303. The smallest absolute Gasteiger partial charge is 0.266 e. The fourth-order valence-corrected chi connectivity index (χ4v) is 4.27. The first-order valence-electron chi connectivity index (χ1n) is 11.0. The second-order valence-corrected chi connectivity index (χ2v) is 9.09. The summed E-state index contributed by atoms with van der Waals surface area (Å²) in [6.45, 7) is 3.62. The van der Waals surface area contributed by atoms with Crippen LogP contribution in [0.3, 0.4) is 0 Å². The second-order valence-electron chi connectivity index (χ2n) is 8.14. The van der Waals surface area contributed by atoms with Gasteiger partial charge in [0.1, 0.15) is 0 Å². The third-order valence-electron chi connectivity index (χ3n) is 5.33. The second kappa shape index (κ2) is 10.4. The third kappa shape index (κ3) is 5.31. The summed E-state index contributed by atoms with van der Waals surface area (Å²) in [5.41, 5.74) is 2.45. The number of fused-ring (bicyclic) bond motifs is 1. The molecule has 35 heavy (non-hydrogen) atoms. The highest BCUT2D eigenvalue weighted by Crippen LogP contribution is 2.23. The Morgan fingerprint density at radius 1 is 1.03 bits per heavy atom. The lowest BCUT2D eigenvalue weighted by Gasteiger charge is -2.13. The van der Waals surface area contributed by atoms with Gasteiger partial charge in [-0.05, 0) is 60.7 Å². The van der Waals surface area contributed by atoms with E-state index >= 15 is 0 Å². The van der Waals surface area contributed by atoms with Gasteiger partial charge in [0.25, 0.3) is 5.56 Å². The summed E-state index contributed by atoms with van der Waals surface area (Å²) in [6, 6.07) is 22.5. The van der Waals surface area contributed by atoms with Crippen LogP contribution < -0.4 is 10.9 Å².